The predicted octanol–water partition coefficient (Wildman–Crippen LogP) is 2.98. The Balaban J connectivity index is 1.84. The molecule has 27 heavy (non-hydrogen) atoms. The average Bonchev–Trinajstić information content (AvgIpc) is 2.63. The number of alkyl halides is 3. The first-order valence-electron chi connectivity index (χ1n) is 8.16. The highest BCUT2D eigenvalue weighted by Crippen LogP contribution is 2.34. The van der Waals surface area contributed by atoms with Crippen LogP contribution >= 0.6 is 0 Å². The molecule has 0 fully saturated rings. The fourth-order valence-corrected chi connectivity index (χ4v) is 2.87. The number of fused-ring (bicyclic) bond motifs is 1. The Bertz CT molecular complexity index is 898. The summed E-state index contributed by atoms with van der Waals surface area (Å²) in [7, 11) is 1.56. The maximum absolute atomic E-state index is 13.2. The van der Waals surface area contributed by atoms with E-state index in [1.165, 1.54) is 42.3 Å². The third-order valence-electron chi connectivity index (χ3n) is 4.35. The first-order chi connectivity index (χ1) is 12.7. The number of rotatable bonds is 3. The standard InChI is InChI=1S/C18H17F3N4O2/c1-10(12-5-3-4-6-13(12)18(19,20)21)24-17(27)11-7-14-16(22-8-11)23-9-15(26)25(14)2/h3-8,10H,9H2,1-2H3,(H,22,23)(H,24,27). The molecule has 1 unspecified atom stereocenters. The van der Waals surface area contributed by atoms with Crippen LogP contribution in [-0.4, -0.2) is 30.4 Å². The molecule has 0 spiro atoms. The van der Waals surface area contributed by atoms with Crippen molar-refractivity contribution in [2.75, 3.05) is 23.8 Å². The number of carbonyl (C=O) groups excluding carboxylic acids is 2. The predicted molar refractivity (Wildman–Crippen MR) is 93.5 cm³/mol. The summed E-state index contributed by atoms with van der Waals surface area (Å²) in [5, 5.41) is 5.40. The van der Waals surface area contributed by atoms with E-state index in [1.54, 1.807) is 7.05 Å². The van der Waals surface area contributed by atoms with Crippen LogP contribution in [0, 0.1) is 0 Å². The minimum atomic E-state index is -4.52. The second-order valence-corrected chi connectivity index (χ2v) is 6.18. The third kappa shape index (κ3) is 3.71. The lowest BCUT2D eigenvalue weighted by Crippen LogP contribution is -2.37. The summed E-state index contributed by atoms with van der Waals surface area (Å²) in [4.78, 5) is 29.8. The van der Waals surface area contributed by atoms with Gasteiger partial charge in [-0.3, -0.25) is 9.59 Å². The van der Waals surface area contributed by atoms with E-state index < -0.39 is 23.7 Å². The number of nitrogens with zero attached hydrogens (tertiary/aromatic N) is 2. The topological polar surface area (TPSA) is 74.3 Å². The zero-order chi connectivity index (χ0) is 19.8. The first kappa shape index (κ1) is 18.7. The van der Waals surface area contributed by atoms with Crippen molar-refractivity contribution < 1.29 is 22.8 Å². The quantitative estimate of drug-likeness (QED) is 0.861. The van der Waals surface area contributed by atoms with Gasteiger partial charge in [0.25, 0.3) is 5.91 Å². The molecule has 142 valence electrons. The molecule has 3 rings (SSSR count). The maximum atomic E-state index is 13.2. The van der Waals surface area contributed by atoms with Gasteiger partial charge in [-0.2, -0.15) is 13.2 Å². The molecule has 2 heterocycles. The summed E-state index contributed by atoms with van der Waals surface area (Å²) >= 11 is 0. The zero-order valence-electron chi connectivity index (χ0n) is 14.6. The monoisotopic (exact) mass is 378 g/mol. The number of anilines is 2. The number of carbonyl (C=O) groups is 2. The van der Waals surface area contributed by atoms with Gasteiger partial charge >= 0.3 is 6.18 Å². The van der Waals surface area contributed by atoms with Crippen LogP contribution in [0.15, 0.2) is 36.5 Å². The molecule has 1 aromatic heterocycles. The van der Waals surface area contributed by atoms with Crippen molar-refractivity contribution in [3.05, 3.63) is 53.2 Å². The lowest BCUT2D eigenvalue weighted by molar-refractivity contribution is -0.138. The van der Waals surface area contributed by atoms with Crippen molar-refractivity contribution in [1.29, 1.82) is 0 Å². The molecule has 6 nitrogen and oxygen atoms in total. The molecule has 1 aliphatic heterocycles. The molecular weight excluding hydrogens is 361 g/mol. The Kier molecular flexibility index (Phi) is 4.77. The van der Waals surface area contributed by atoms with Crippen LogP contribution in [0.25, 0.3) is 0 Å². The van der Waals surface area contributed by atoms with E-state index in [-0.39, 0.29) is 23.6 Å². The lowest BCUT2D eigenvalue weighted by Gasteiger charge is -2.26. The number of hydrogen-bond acceptors (Lipinski definition) is 4. The maximum Gasteiger partial charge on any atom is 0.416 e. The Hall–Kier alpha value is -3.10. The average molecular weight is 378 g/mol. The van der Waals surface area contributed by atoms with Crippen LogP contribution in [0.1, 0.15) is 34.5 Å². The van der Waals surface area contributed by atoms with Crippen LogP contribution in [0.4, 0.5) is 24.7 Å². The van der Waals surface area contributed by atoms with Crippen molar-refractivity contribution in [3.63, 3.8) is 0 Å². The Morgan fingerprint density at radius 2 is 2.04 bits per heavy atom. The summed E-state index contributed by atoms with van der Waals surface area (Å²) in [6, 6.07) is 5.70. The van der Waals surface area contributed by atoms with Gasteiger partial charge in [-0.1, -0.05) is 18.2 Å². The van der Waals surface area contributed by atoms with Gasteiger partial charge in [0.15, 0.2) is 0 Å². The number of aromatic nitrogens is 1. The second-order valence-electron chi connectivity index (χ2n) is 6.18. The smallest absolute Gasteiger partial charge is 0.359 e. The fraction of sp³-hybridized carbons (Fsp3) is 0.278. The molecule has 2 aromatic rings. The number of benzene rings is 1. The summed E-state index contributed by atoms with van der Waals surface area (Å²) in [5.74, 6) is -0.306. The lowest BCUT2D eigenvalue weighted by atomic mass is 10.0. The van der Waals surface area contributed by atoms with Gasteiger partial charge in [-0.15, -0.1) is 0 Å². The van der Waals surface area contributed by atoms with Crippen LogP contribution in [0.3, 0.4) is 0 Å². The van der Waals surface area contributed by atoms with Crippen molar-refractivity contribution >= 4 is 23.3 Å². The van der Waals surface area contributed by atoms with Crippen molar-refractivity contribution in [2.45, 2.75) is 19.1 Å². The number of amides is 2. The molecule has 1 aliphatic rings. The van der Waals surface area contributed by atoms with Gasteiger partial charge in [-0.25, -0.2) is 4.98 Å². The molecule has 0 radical (unpaired) electrons. The molecule has 2 amide bonds. The summed E-state index contributed by atoms with van der Waals surface area (Å²) in [5.41, 5.74) is -0.246. The molecule has 1 atom stereocenters. The second kappa shape index (κ2) is 6.90. The van der Waals surface area contributed by atoms with Gasteiger partial charge in [-0.05, 0) is 24.6 Å². The zero-order valence-corrected chi connectivity index (χ0v) is 14.6. The van der Waals surface area contributed by atoms with Crippen molar-refractivity contribution in [1.82, 2.24) is 10.3 Å². The minimum Gasteiger partial charge on any atom is -0.359 e. The Morgan fingerprint density at radius 1 is 1.33 bits per heavy atom. The first-order valence-corrected chi connectivity index (χ1v) is 8.16. The number of pyridine rings is 1. The van der Waals surface area contributed by atoms with Gasteiger partial charge < -0.3 is 15.5 Å². The van der Waals surface area contributed by atoms with E-state index in [4.69, 9.17) is 0 Å². The number of hydrogen-bond donors (Lipinski definition) is 2. The van der Waals surface area contributed by atoms with Gasteiger partial charge in [0.05, 0.1) is 29.4 Å². The van der Waals surface area contributed by atoms with Crippen LogP contribution in [0.2, 0.25) is 0 Å². The van der Waals surface area contributed by atoms with Gasteiger partial charge in [0, 0.05) is 13.2 Å². The number of likely N-dealkylation sites (N-methyl/N-ethyl adjacent to an activating group) is 1. The van der Waals surface area contributed by atoms with Gasteiger partial charge in [0.2, 0.25) is 5.91 Å². The molecule has 0 bridgehead atoms. The summed E-state index contributed by atoms with van der Waals surface area (Å²) in [6.07, 6.45) is -3.20. The molecule has 1 aromatic carbocycles. The molecular formula is C18H17F3N4O2. The summed E-state index contributed by atoms with van der Waals surface area (Å²) in [6.45, 7) is 1.58. The summed E-state index contributed by atoms with van der Waals surface area (Å²) < 4.78 is 39.5. The highest BCUT2D eigenvalue weighted by molar-refractivity contribution is 6.03. The number of halogens is 3. The highest BCUT2D eigenvalue weighted by atomic mass is 19.4. The van der Waals surface area contributed by atoms with E-state index in [9.17, 15) is 22.8 Å². The Morgan fingerprint density at radius 3 is 2.74 bits per heavy atom. The van der Waals surface area contributed by atoms with Crippen molar-refractivity contribution in [2.24, 2.45) is 0 Å². The minimum absolute atomic E-state index is 0.0294. The van der Waals surface area contributed by atoms with E-state index in [2.05, 4.69) is 15.6 Å². The van der Waals surface area contributed by atoms with Crippen LogP contribution in [0.5, 0.6) is 0 Å². The number of nitrogens with one attached hydrogen (secondary N) is 2. The van der Waals surface area contributed by atoms with Gasteiger partial charge in [0.1, 0.15) is 5.82 Å². The molecule has 0 saturated heterocycles. The highest BCUT2D eigenvalue weighted by Gasteiger charge is 2.34. The molecule has 9 heteroatoms. The van der Waals surface area contributed by atoms with Crippen LogP contribution < -0.4 is 15.5 Å². The Labute approximate surface area is 153 Å². The largest absolute Gasteiger partial charge is 0.416 e. The third-order valence-corrected chi connectivity index (χ3v) is 4.35. The molecule has 2 N–H and O–H groups in total. The van der Waals surface area contributed by atoms with Crippen LogP contribution in [-0.2, 0) is 11.0 Å². The molecule has 0 saturated carbocycles. The van der Waals surface area contributed by atoms with E-state index in [0.717, 1.165) is 6.07 Å². The normalized spacial score (nSPS) is 15.0. The van der Waals surface area contributed by atoms with E-state index >= 15 is 0 Å². The van der Waals surface area contributed by atoms with E-state index in [0.29, 0.717) is 11.5 Å². The van der Waals surface area contributed by atoms with Crippen molar-refractivity contribution in [3.8, 4) is 0 Å². The van der Waals surface area contributed by atoms with E-state index in [1.807, 2.05) is 0 Å². The fourth-order valence-electron chi connectivity index (χ4n) is 2.87. The SMILES string of the molecule is CC(NC(=O)c1cnc2c(c1)N(C)C(=O)CN2)c1ccccc1C(F)(F)F. The molecule has 0 aliphatic carbocycles.